The third-order valence-corrected chi connectivity index (χ3v) is 5.05. The topological polar surface area (TPSA) is 18.5 Å². The van der Waals surface area contributed by atoms with E-state index in [9.17, 15) is 4.39 Å². The van der Waals surface area contributed by atoms with Crippen molar-refractivity contribution in [3.63, 3.8) is 0 Å². The molecule has 0 unspecified atom stereocenters. The molecule has 1 saturated heterocycles. The molecule has 2 nitrogen and oxygen atoms in total. The van der Waals surface area contributed by atoms with Crippen molar-refractivity contribution < 1.29 is 13.7 Å². The van der Waals surface area contributed by atoms with Gasteiger partial charge in [-0.3, -0.25) is 0 Å². The van der Waals surface area contributed by atoms with Crippen molar-refractivity contribution in [1.82, 2.24) is 0 Å². The van der Waals surface area contributed by atoms with Crippen LogP contribution < -0.4 is 0 Å². The summed E-state index contributed by atoms with van der Waals surface area (Å²) in [6.45, 7) is 12.0. The van der Waals surface area contributed by atoms with Crippen molar-refractivity contribution in [1.29, 1.82) is 0 Å². The minimum Gasteiger partial charge on any atom is -0.398 e. The molecule has 0 N–H and O–H groups in total. The first-order valence-corrected chi connectivity index (χ1v) is 7.76. The van der Waals surface area contributed by atoms with E-state index in [1.165, 1.54) is 19.3 Å². The predicted octanol–water partition coefficient (Wildman–Crippen LogP) is 4.69. The van der Waals surface area contributed by atoms with Crippen LogP contribution in [0.15, 0.2) is 11.8 Å². The number of hydrogen-bond donors (Lipinski definition) is 0. The molecule has 1 aliphatic heterocycles. The number of allylic oxidation sites excluding steroid dienone is 1. The molecule has 1 saturated carbocycles. The second-order valence-corrected chi connectivity index (χ2v) is 8.11. The molecule has 0 aromatic heterocycles. The average Bonchev–Trinajstić information content (AvgIpc) is 2.42. The van der Waals surface area contributed by atoms with Gasteiger partial charge in [0.1, 0.15) is 5.73 Å². The molecule has 114 valence electrons. The van der Waals surface area contributed by atoms with Gasteiger partial charge >= 0.3 is 7.12 Å². The summed E-state index contributed by atoms with van der Waals surface area (Å²) in [5, 5.41) is 0. The molecule has 0 radical (unpaired) electrons. The molecule has 2 fully saturated rings. The van der Waals surface area contributed by atoms with Crippen LogP contribution >= 0.6 is 0 Å². The lowest BCUT2D eigenvalue weighted by Gasteiger charge is -2.32. The molecule has 1 aliphatic carbocycles. The van der Waals surface area contributed by atoms with Crippen LogP contribution in [0.2, 0.25) is 0 Å². The smallest absolute Gasteiger partial charge is 0.398 e. The van der Waals surface area contributed by atoms with Gasteiger partial charge in [-0.2, -0.15) is 0 Å². The second-order valence-electron chi connectivity index (χ2n) is 8.11. The molecule has 0 aromatic carbocycles. The Balaban J connectivity index is 2.03. The highest BCUT2D eigenvalue weighted by Gasteiger charge is 2.53. The molecule has 0 spiro atoms. The molecule has 2 aliphatic rings. The maximum Gasteiger partial charge on any atom is 0.524 e. The number of hydrogen-bond acceptors (Lipinski definition) is 2. The van der Waals surface area contributed by atoms with E-state index in [2.05, 4.69) is 13.8 Å². The Morgan fingerprint density at radius 3 is 2.10 bits per heavy atom. The van der Waals surface area contributed by atoms with Crippen LogP contribution in [0, 0.1) is 11.3 Å². The maximum atomic E-state index is 14.5. The lowest BCUT2D eigenvalue weighted by molar-refractivity contribution is 0.00578. The van der Waals surface area contributed by atoms with Gasteiger partial charge in [0.05, 0.1) is 11.2 Å². The summed E-state index contributed by atoms with van der Waals surface area (Å²) in [5.41, 5.74) is -1.39. The predicted molar refractivity (Wildman–Crippen MR) is 81.0 cm³/mol. The molecule has 2 rings (SSSR count). The van der Waals surface area contributed by atoms with Gasteiger partial charge < -0.3 is 9.31 Å². The highest BCUT2D eigenvalue weighted by molar-refractivity contribution is 6.53. The van der Waals surface area contributed by atoms with E-state index in [4.69, 9.17) is 9.31 Å². The van der Waals surface area contributed by atoms with Crippen LogP contribution in [0.5, 0.6) is 0 Å². The average molecular weight is 282 g/mol. The number of rotatable bonds is 4. The van der Waals surface area contributed by atoms with Gasteiger partial charge in [0.25, 0.3) is 0 Å². The molecule has 0 atom stereocenters. The summed E-state index contributed by atoms with van der Waals surface area (Å²) in [6.07, 6.45) is 6.64. The zero-order valence-corrected chi connectivity index (χ0v) is 13.8. The zero-order chi connectivity index (χ0) is 15.2. The third-order valence-electron chi connectivity index (χ3n) is 5.05. The first kappa shape index (κ1) is 16.0. The fourth-order valence-corrected chi connectivity index (χ4v) is 2.90. The fraction of sp³-hybridized carbons (Fsp3) is 0.875. The Kier molecular flexibility index (Phi) is 4.12. The maximum absolute atomic E-state index is 14.5. The van der Waals surface area contributed by atoms with Crippen molar-refractivity contribution in [3.8, 4) is 0 Å². The summed E-state index contributed by atoms with van der Waals surface area (Å²) in [6, 6.07) is 0. The minimum absolute atomic E-state index is 0.140. The van der Waals surface area contributed by atoms with Gasteiger partial charge in [-0.05, 0) is 45.4 Å². The van der Waals surface area contributed by atoms with Crippen molar-refractivity contribution in [3.05, 3.63) is 11.8 Å². The van der Waals surface area contributed by atoms with E-state index < -0.39 is 18.3 Å². The largest absolute Gasteiger partial charge is 0.524 e. The first-order valence-electron chi connectivity index (χ1n) is 7.76. The van der Waals surface area contributed by atoms with Crippen molar-refractivity contribution in [2.45, 2.75) is 78.4 Å². The Morgan fingerprint density at radius 2 is 1.70 bits per heavy atom. The van der Waals surface area contributed by atoms with Crippen LogP contribution in [0.25, 0.3) is 0 Å². The molecule has 0 bridgehead atoms. The van der Waals surface area contributed by atoms with E-state index in [0.717, 1.165) is 12.3 Å². The van der Waals surface area contributed by atoms with Crippen LogP contribution in [0.1, 0.15) is 67.2 Å². The molecule has 20 heavy (non-hydrogen) atoms. The molecule has 1 heterocycles. The standard InChI is InChI=1S/C16H28BFO2/c1-14(2,10-12-8-7-9-12)11-13(18)17-19-15(3,4)16(5,6)20-17/h11-12H,7-10H2,1-6H3. The monoisotopic (exact) mass is 282 g/mol. The Bertz CT molecular complexity index is 381. The normalized spacial score (nSPS) is 26.8. The minimum atomic E-state index is -0.860. The van der Waals surface area contributed by atoms with E-state index in [0.29, 0.717) is 0 Å². The van der Waals surface area contributed by atoms with Crippen LogP contribution in [0.4, 0.5) is 4.39 Å². The van der Waals surface area contributed by atoms with Crippen molar-refractivity contribution >= 4 is 7.12 Å². The Hall–Kier alpha value is -0.345. The van der Waals surface area contributed by atoms with Crippen LogP contribution in [-0.4, -0.2) is 18.3 Å². The summed E-state index contributed by atoms with van der Waals surface area (Å²) in [4.78, 5) is 0. The van der Waals surface area contributed by atoms with Crippen LogP contribution in [0.3, 0.4) is 0 Å². The molecular weight excluding hydrogens is 254 g/mol. The first-order chi connectivity index (χ1) is 9.02. The van der Waals surface area contributed by atoms with E-state index in [-0.39, 0.29) is 11.1 Å². The molecule has 0 amide bonds. The highest BCUT2D eigenvalue weighted by atomic mass is 19.1. The van der Waals surface area contributed by atoms with E-state index in [1.807, 2.05) is 27.7 Å². The second kappa shape index (κ2) is 5.13. The Morgan fingerprint density at radius 1 is 1.20 bits per heavy atom. The summed E-state index contributed by atoms with van der Waals surface area (Å²) >= 11 is 0. The highest BCUT2D eigenvalue weighted by Crippen LogP contribution is 2.41. The SMILES string of the molecule is CC(C)(C=C(F)B1OC(C)(C)C(C)(C)O1)CC1CCC1. The Labute approximate surface area is 123 Å². The quantitative estimate of drug-likeness (QED) is 0.696. The lowest BCUT2D eigenvalue weighted by atomic mass is 9.72. The van der Waals surface area contributed by atoms with Gasteiger partial charge in [0, 0.05) is 0 Å². The summed E-state index contributed by atoms with van der Waals surface area (Å²) in [5.74, 6) is 0.757. The molecular formula is C16H28BFO2. The third kappa shape index (κ3) is 3.28. The van der Waals surface area contributed by atoms with Gasteiger partial charge in [-0.25, -0.2) is 4.39 Å². The zero-order valence-electron chi connectivity index (χ0n) is 13.8. The van der Waals surface area contributed by atoms with Crippen LogP contribution in [-0.2, 0) is 9.31 Å². The van der Waals surface area contributed by atoms with Gasteiger partial charge in [0.2, 0.25) is 0 Å². The van der Waals surface area contributed by atoms with Gasteiger partial charge in [-0.15, -0.1) is 0 Å². The molecule has 4 heteroatoms. The fourth-order valence-electron chi connectivity index (χ4n) is 2.90. The van der Waals surface area contributed by atoms with E-state index >= 15 is 0 Å². The summed E-state index contributed by atoms with van der Waals surface area (Å²) in [7, 11) is -0.860. The van der Waals surface area contributed by atoms with E-state index in [1.54, 1.807) is 6.08 Å². The van der Waals surface area contributed by atoms with Gasteiger partial charge in [0.15, 0.2) is 0 Å². The number of halogens is 1. The van der Waals surface area contributed by atoms with Crippen molar-refractivity contribution in [2.75, 3.05) is 0 Å². The lowest BCUT2D eigenvalue weighted by Crippen LogP contribution is -2.41. The molecule has 0 aromatic rings. The van der Waals surface area contributed by atoms with Crippen molar-refractivity contribution in [2.24, 2.45) is 11.3 Å². The van der Waals surface area contributed by atoms with Gasteiger partial charge in [-0.1, -0.05) is 39.2 Å². The summed E-state index contributed by atoms with van der Waals surface area (Å²) < 4.78 is 26.0.